The highest BCUT2D eigenvalue weighted by atomic mass is 35.5. The number of rotatable bonds is 2. The van der Waals surface area contributed by atoms with Crippen LogP contribution in [0, 0.1) is 24.4 Å². The van der Waals surface area contributed by atoms with Gasteiger partial charge in [-0.05, 0) is 36.2 Å². The Morgan fingerprint density at radius 3 is 2.16 bits per heavy atom. The standard InChI is InChI=1S/C14H9Cl2F3/c1-7-4-8(15)2-3-9(7)14(16)10-5-12(18)13(19)6-11(10)17/h2-6,14H,1H3. The fourth-order valence-corrected chi connectivity index (χ4v) is 2.46. The molecule has 0 aromatic heterocycles. The van der Waals surface area contributed by atoms with E-state index >= 15 is 0 Å². The van der Waals surface area contributed by atoms with Crippen LogP contribution in [0.15, 0.2) is 30.3 Å². The molecule has 2 rings (SSSR count). The van der Waals surface area contributed by atoms with E-state index in [1.807, 2.05) is 0 Å². The Kier molecular flexibility index (Phi) is 4.07. The number of halogens is 5. The van der Waals surface area contributed by atoms with E-state index in [0.717, 1.165) is 11.6 Å². The molecule has 0 aliphatic heterocycles. The maximum atomic E-state index is 13.7. The SMILES string of the molecule is Cc1cc(Cl)ccc1C(Cl)c1cc(F)c(F)cc1F. The average molecular weight is 305 g/mol. The van der Waals surface area contributed by atoms with E-state index in [4.69, 9.17) is 23.2 Å². The molecule has 2 aromatic rings. The summed E-state index contributed by atoms with van der Waals surface area (Å²) in [6.45, 7) is 1.76. The second-order valence-electron chi connectivity index (χ2n) is 4.15. The van der Waals surface area contributed by atoms with Crippen LogP contribution in [0.3, 0.4) is 0 Å². The van der Waals surface area contributed by atoms with Gasteiger partial charge in [-0.25, -0.2) is 13.2 Å². The second kappa shape index (κ2) is 5.43. The van der Waals surface area contributed by atoms with E-state index in [2.05, 4.69) is 0 Å². The van der Waals surface area contributed by atoms with Crippen molar-refractivity contribution in [2.24, 2.45) is 0 Å². The fraction of sp³-hybridized carbons (Fsp3) is 0.143. The van der Waals surface area contributed by atoms with Crippen molar-refractivity contribution in [1.29, 1.82) is 0 Å². The molecule has 0 amide bonds. The lowest BCUT2D eigenvalue weighted by molar-refractivity contribution is 0.490. The molecule has 0 nitrogen and oxygen atoms in total. The van der Waals surface area contributed by atoms with E-state index in [1.165, 1.54) is 0 Å². The van der Waals surface area contributed by atoms with Gasteiger partial charge in [-0.15, -0.1) is 11.6 Å². The van der Waals surface area contributed by atoms with E-state index < -0.39 is 22.8 Å². The zero-order valence-corrected chi connectivity index (χ0v) is 11.4. The zero-order chi connectivity index (χ0) is 14.2. The van der Waals surface area contributed by atoms with Gasteiger partial charge in [-0.1, -0.05) is 17.7 Å². The first-order valence-corrected chi connectivity index (χ1v) is 6.26. The molecule has 0 aliphatic carbocycles. The summed E-state index contributed by atoms with van der Waals surface area (Å²) in [5, 5.41) is -0.386. The molecule has 0 spiro atoms. The van der Waals surface area contributed by atoms with Crippen molar-refractivity contribution in [3.05, 3.63) is 69.5 Å². The number of alkyl halides is 1. The van der Waals surface area contributed by atoms with Crippen LogP contribution in [-0.2, 0) is 0 Å². The minimum atomic E-state index is -1.24. The Labute approximate surface area is 118 Å². The maximum Gasteiger partial charge on any atom is 0.161 e. The highest BCUT2D eigenvalue weighted by Crippen LogP contribution is 2.34. The van der Waals surface area contributed by atoms with Crippen LogP contribution in [0.25, 0.3) is 0 Å². The van der Waals surface area contributed by atoms with Gasteiger partial charge in [-0.3, -0.25) is 0 Å². The van der Waals surface area contributed by atoms with Gasteiger partial charge in [0.2, 0.25) is 0 Å². The van der Waals surface area contributed by atoms with Gasteiger partial charge < -0.3 is 0 Å². The third kappa shape index (κ3) is 2.88. The Bertz CT molecular complexity index is 626. The lowest BCUT2D eigenvalue weighted by Crippen LogP contribution is -2.02. The van der Waals surface area contributed by atoms with Crippen molar-refractivity contribution in [2.75, 3.05) is 0 Å². The topological polar surface area (TPSA) is 0 Å². The summed E-state index contributed by atoms with van der Waals surface area (Å²) in [4.78, 5) is 0. The van der Waals surface area contributed by atoms with Crippen molar-refractivity contribution < 1.29 is 13.2 Å². The molecule has 2 aromatic carbocycles. The van der Waals surface area contributed by atoms with Crippen LogP contribution >= 0.6 is 23.2 Å². The van der Waals surface area contributed by atoms with Crippen molar-refractivity contribution in [2.45, 2.75) is 12.3 Å². The highest BCUT2D eigenvalue weighted by Gasteiger charge is 2.20. The molecule has 0 saturated heterocycles. The molecule has 1 atom stereocenters. The van der Waals surface area contributed by atoms with Crippen LogP contribution in [0.5, 0.6) is 0 Å². The van der Waals surface area contributed by atoms with E-state index in [9.17, 15) is 13.2 Å². The number of aryl methyl sites for hydroxylation is 1. The van der Waals surface area contributed by atoms with Crippen molar-refractivity contribution in [1.82, 2.24) is 0 Å². The van der Waals surface area contributed by atoms with Gasteiger partial charge in [0.05, 0.1) is 5.38 Å². The molecule has 100 valence electrons. The lowest BCUT2D eigenvalue weighted by atomic mass is 9.99. The number of benzene rings is 2. The fourth-order valence-electron chi connectivity index (χ4n) is 1.82. The molecule has 0 radical (unpaired) electrons. The lowest BCUT2D eigenvalue weighted by Gasteiger charge is -2.14. The van der Waals surface area contributed by atoms with Crippen LogP contribution < -0.4 is 0 Å². The molecular weight excluding hydrogens is 296 g/mol. The summed E-state index contributed by atoms with van der Waals surface area (Å²) in [5.74, 6) is -3.25. The Morgan fingerprint density at radius 1 is 0.895 bits per heavy atom. The molecule has 5 heteroatoms. The third-order valence-corrected chi connectivity index (χ3v) is 3.52. The summed E-state index contributed by atoms with van der Waals surface area (Å²) in [6, 6.07) is 6.18. The first-order valence-electron chi connectivity index (χ1n) is 5.44. The maximum absolute atomic E-state index is 13.7. The van der Waals surface area contributed by atoms with E-state index in [-0.39, 0.29) is 5.56 Å². The molecule has 0 heterocycles. The largest absolute Gasteiger partial charge is 0.207 e. The zero-order valence-electron chi connectivity index (χ0n) is 9.85. The predicted molar refractivity (Wildman–Crippen MR) is 70.2 cm³/mol. The molecule has 0 aliphatic rings. The Hall–Kier alpha value is -1.19. The van der Waals surface area contributed by atoms with Crippen LogP contribution in [0.4, 0.5) is 13.2 Å². The molecular formula is C14H9Cl2F3. The molecule has 0 N–H and O–H groups in total. The molecule has 0 fully saturated rings. The van der Waals surface area contributed by atoms with Gasteiger partial charge in [-0.2, -0.15) is 0 Å². The first kappa shape index (κ1) is 14.2. The van der Waals surface area contributed by atoms with E-state index in [0.29, 0.717) is 16.7 Å². The molecule has 0 saturated carbocycles. The van der Waals surface area contributed by atoms with Crippen LogP contribution in [0.2, 0.25) is 5.02 Å². The van der Waals surface area contributed by atoms with Crippen LogP contribution in [-0.4, -0.2) is 0 Å². The van der Waals surface area contributed by atoms with Crippen LogP contribution in [0.1, 0.15) is 22.1 Å². The monoisotopic (exact) mass is 304 g/mol. The highest BCUT2D eigenvalue weighted by molar-refractivity contribution is 6.30. The van der Waals surface area contributed by atoms with Gasteiger partial charge in [0, 0.05) is 16.7 Å². The minimum Gasteiger partial charge on any atom is -0.207 e. The second-order valence-corrected chi connectivity index (χ2v) is 5.02. The summed E-state index contributed by atoms with van der Waals surface area (Å²) >= 11 is 12.0. The van der Waals surface area contributed by atoms with Crippen molar-refractivity contribution >= 4 is 23.2 Å². The quantitative estimate of drug-likeness (QED) is 0.515. The third-order valence-electron chi connectivity index (χ3n) is 2.82. The van der Waals surface area contributed by atoms with E-state index in [1.54, 1.807) is 25.1 Å². The number of hydrogen-bond donors (Lipinski definition) is 0. The molecule has 1 unspecified atom stereocenters. The molecule has 0 bridgehead atoms. The minimum absolute atomic E-state index is 0.106. The van der Waals surface area contributed by atoms with Gasteiger partial charge in [0.15, 0.2) is 11.6 Å². The van der Waals surface area contributed by atoms with Gasteiger partial charge in [0.1, 0.15) is 5.82 Å². The Balaban J connectivity index is 2.49. The van der Waals surface area contributed by atoms with Gasteiger partial charge >= 0.3 is 0 Å². The molecule has 19 heavy (non-hydrogen) atoms. The number of hydrogen-bond acceptors (Lipinski definition) is 0. The summed E-state index contributed by atoms with van der Waals surface area (Å²) < 4.78 is 39.7. The smallest absolute Gasteiger partial charge is 0.161 e. The van der Waals surface area contributed by atoms with Gasteiger partial charge in [0.25, 0.3) is 0 Å². The summed E-state index contributed by atoms with van der Waals surface area (Å²) in [5.41, 5.74) is 1.23. The average Bonchev–Trinajstić information content (AvgIpc) is 2.33. The summed E-state index contributed by atoms with van der Waals surface area (Å²) in [6.07, 6.45) is 0. The first-order chi connectivity index (χ1) is 8.90. The predicted octanol–water partition coefficient (Wildman–Crippen LogP) is 5.39. The van der Waals surface area contributed by atoms with Crippen molar-refractivity contribution in [3.63, 3.8) is 0 Å². The summed E-state index contributed by atoms with van der Waals surface area (Å²) in [7, 11) is 0. The Morgan fingerprint density at radius 2 is 1.53 bits per heavy atom. The van der Waals surface area contributed by atoms with Crippen molar-refractivity contribution in [3.8, 4) is 0 Å². The normalized spacial score (nSPS) is 12.5.